The maximum absolute atomic E-state index is 12.1. The fourth-order valence-corrected chi connectivity index (χ4v) is 3.31. The number of carbonyl (C=O) groups is 5. The third-order valence-corrected chi connectivity index (χ3v) is 4.71. The largest absolute Gasteiger partial charge is 0.451 e. The van der Waals surface area contributed by atoms with Crippen molar-refractivity contribution in [2.45, 2.75) is 38.2 Å². The fourth-order valence-electron chi connectivity index (χ4n) is 3.31. The summed E-state index contributed by atoms with van der Waals surface area (Å²) < 4.78 is 5.14. The molecule has 1 N–H and O–H groups in total. The second-order valence-electron chi connectivity index (χ2n) is 6.38. The number of hydrogen-bond donors (Lipinski definition) is 1. The van der Waals surface area contributed by atoms with Crippen LogP contribution in [0.1, 0.15) is 32.1 Å². The van der Waals surface area contributed by atoms with E-state index in [0.717, 1.165) is 0 Å². The van der Waals surface area contributed by atoms with E-state index in [1.165, 1.54) is 17.1 Å². The van der Waals surface area contributed by atoms with Gasteiger partial charge in [0, 0.05) is 18.7 Å². The molecule has 1 saturated heterocycles. The molecule has 2 aliphatic heterocycles. The number of imide groups is 2. The van der Waals surface area contributed by atoms with Crippen molar-refractivity contribution in [2.75, 3.05) is 6.54 Å². The van der Waals surface area contributed by atoms with E-state index in [1.54, 1.807) is 0 Å². The average molecular weight is 334 g/mol. The monoisotopic (exact) mass is 334 g/mol. The number of esters is 1. The van der Waals surface area contributed by atoms with Crippen LogP contribution in [0.15, 0.2) is 12.2 Å². The van der Waals surface area contributed by atoms with Crippen molar-refractivity contribution >= 4 is 29.6 Å². The standard InChI is InChI=1S/C16H18N2O6/c19-12-7-11(15(22)17-12)24-16(23)10-3-1-9(2-4-10)8-18-13(20)5-6-14(18)21/h5-6,9-11H,1-4,7-8H2,(H,17,19,22). The lowest BCUT2D eigenvalue weighted by atomic mass is 9.82. The van der Waals surface area contributed by atoms with Crippen LogP contribution in [0.5, 0.6) is 0 Å². The van der Waals surface area contributed by atoms with E-state index in [9.17, 15) is 24.0 Å². The topological polar surface area (TPSA) is 110 Å². The molecule has 1 aliphatic carbocycles. The number of nitrogens with zero attached hydrogens (tertiary/aromatic N) is 1. The second-order valence-corrected chi connectivity index (χ2v) is 6.38. The molecule has 0 bridgehead atoms. The lowest BCUT2D eigenvalue weighted by Gasteiger charge is -2.29. The molecule has 1 unspecified atom stereocenters. The first-order chi connectivity index (χ1) is 11.4. The molecule has 4 amide bonds. The highest BCUT2D eigenvalue weighted by Crippen LogP contribution is 2.31. The number of amides is 4. The van der Waals surface area contributed by atoms with Gasteiger partial charge in [-0.05, 0) is 31.6 Å². The lowest BCUT2D eigenvalue weighted by molar-refractivity contribution is -0.159. The van der Waals surface area contributed by atoms with Gasteiger partial charge in [0.15, 0.2) is 6.10 Å². The molecular weight excluding hydrogens is 316 g/mol. The third kappa shape index (κ3) is 3.37. The Morgan fingerprint density at radius 1 is 1.08 bits per heavy atom. The van der Waals surface area contributed by atoms with Gasteiger partial charge in [-0.1, -0.05) is 0 Å². The highest BCUT2D eigenvalue weighted by Gasteiger charge is 2.37. The van der Waals surface area contributed by atoms with Crippen LogP contribution >= 0.6 is 0 Å². The molecule has 1 atom stereocenters. The van der Waals surface area contributed by atoms with E-state index in [2.05, 4.69) is 5.32 Å². The summed E-state index contributed by atoms with van der Waals surface area (Å²) in [4.78, 5) is 59.0. The SMILES string of the molecule is O=C1CC(OC(=O)C2CCC(CN3C(=O)C=CC3=O)CC2)C(=O)N1. The van der Waals surface area contributed by atoms with Crippen molar-refractivity contribution in [3.63, 3.8) is 0 Å². The number of nitrogens with one attached hydrogen (secondary N) is 1. The summed E-state index contributed by atoms with van der Waals surface area (Å²) in [6, 6.07) is 0. The molecule has 1 saturated carbocycles. The van der Waals surface area contributed by atoms with Crippen LogP contribution in [0, 0.1) is 11.8 Å². The molecule has 0 aromatic heterocycles. The zero-order valence-corrected chi connectivity index (χ0v) is 13.0. The van der Waals surface area contributed by atoms with Crippen LogP contribution in [0.2, 0.25) is 0 Å². The molecule has 2 fully saturated rings. The predicted octanol–water partition coefficient (Wildman–Crippen LogP) is -0.324. The molecule has 0 aromatic carbocycles. The molecule has 128 valence electrons. The van der Waals surface area contributed by atoms with Gasteiger partial charge in [0.2, 0.25) is 5.91 Å². The van der Waals surface area contributed by atoms with Crippen LogP contribution in [0.25, 0.3) is 0 Å². The first-order valence-corrected chi connectivity index (χ1v) is 8.01. The van der Waals surface area contributed by atoms with E-state index < -0.39 is 23.9 Å². The second kappa shape index (κ2) is 6.54. The molecule has 3 rings (SSSR count). The molecule has 0 spiro atoms. The molecule has 24 heavy (non-hydrogen) atoms. The Bertz CT molecular complexity index is 614. The zero-order chi connectivity index (χ0) is 17.3. The highest BCUT2D eigenvalue weighted by atomic mass is 16.5. The Hall–Kier alpha value is -2.51. The summed E-state index contributed by atoms with van der Waals surface area (Å²) in [6.07, 6.45) is 3.95. The van der Waals surface area contributed by atoms with E-state index >= 15 is 0 Å². The summed E-state index contributed by atoms with van der Waals surface area (Å²) in [7, 11) is 0. The summed E-state index contributed by atoms with van der Waals surface area (Å²) in [5, 5.41) is 2.10. The van der Waals surface area contributed by atoms with E-state index in [-0.39, 0.29) is 30.1 Å². The Kier molecular flexibility index (Phi) is 4.46. The summed E-state index contributed by atoms with van der Waals surface area (Å²) in [6.45, 7) is 0.367. The van der Waals surface area contributed by atoms with Gasteiger partial charge in [-0.2, -0.15) is 0 Å². The van der Waals surface area contributed by atoms with Gasteiger partial charge in [-0.15, -0.1) is 0 Å². The summed E-state index contributed by atoms with van der Waals surface area (Å²) in [5.74, 6) is -2.20. The van der Waals surface area contributed by atoms with Crippen LogP contribution < -0.4 is 5.32 Å². The van der Waals surface area contributed by atoms with Gasteiger partial charge >= 0.3 is 5.97 Å². The molecule has 3 aliphatic rings. The minimum Gasteiger partial charge on any atom is -0.451 e. The van der Waals surface area contributed by atoms with Crippen LogP contribution in [-0.2, 0) is 28.7 Å². The number of carbonyl (C=O) groups excluding carboxylic acids is 5. The van der Waals surface area contributed by atoms with Gasteiger partial charge < -0.3 is 4.74 Å². The molecule has 2 heterocycles. The molecule has 8 nitrogen and oxygen atoms in total. The predicted molar refractivity (Wildman–Crippen MR) is 79.0 cm³/mol. The van der Waals surface area contributed by atoms with Crippen molar-refractivity contribution in [3.8, 4) is 0 Å². The Morgan fingerprint density at radius 3 is 2.25 bits per heavy atom. The van der Waals surface area contributed by atoms with Gasteiger partial charge in [0.1, 0.15) is 0 Å². The van der Waals surface area contributed by atoms with E-state index in [4.69, 9.17) is 4.74 Å². The molecule has 0 aromatic rings. The minimum absolute atomic E-state index is 0.119. The molecule has 0 radical (unpaired) electrons. The summed E-state index contributed by atoms with van der Waals surface area (Å²) >= 11 is 0. The first kappa shape index (κ1) is 16.4. The molecule has 8 heteroatoms. The minimum atomic E-state index is -1.02. The zero-order valence-electron chi connectivity index (χ0n) is 13.0. The fraction of sp³-hybridized carbons (Fsp3) is 0.562. The Morgan fingerprint density at radius 2 is 1.71 bits per heavy atom. The van der Waals surface area contributed by atoms with E-state index in [0.29, 0.717) is 32.2 Å². The van der Waals surface area contributed by atoms with Crippen molar-refractivity contribution in [3.05, 3.63) is 12.2 Å². The highest BCUT2D eigenvalue weighted by molar-refractivity contribution is 6.12. The van der Waals surface area contributed by atoms with Gasteiger partial charge in [-0.3, -0.25) is 34.2 Å². The number of hydrogen-bond acceptors (Lipinski definition) is 6. The van der Waals surface area contributed by atoms with Crippen molar-refractivity contribution in [1.29, 1.82) is 0 Å². The van der Waals surface area contributed by atoms with Crippen LogP contribution in [-0.4, -0.2) is 47.1 Å². The summed E-state index contributed by atoms with van der Waals surface area (Å²) in [5.41, 5.74) is 0. The first-order valence-electron chi connectivity index (χ1n) is 8.01. The van der Waals surface area contributed by atoms with Crippen molar-refractivity contribution in [1.82, 2.24) is 10.2 Å². The van der Waals surface area contributed by atoms with Gasteiger partial charge in [-0.25, -0.2) is 0 Å². The maximum atomic E-state index is 12.1. The molecular formula is C16H18N2O6. The van der Waals surface area contributed by atoms with Crippen molar-refractivity contribution in [2.24, 2.45) is 11.8 Å². The number of ether oxygens (including phenoxy) is 1. The Labute approximate surface area is 138 Å². The van der Waals surface area contributed by atoms with Crippen molar-refractivity contribution < 1.29 is 28.7 Å². The van der Waals surface area contributed by atoms with E-state index in [1.807, 2.05) is 0 Å². The lowest BCUT2D eigenvalue weighted by Crippen LogP contribution is -2.37. The Balaban J connectivity index is 1.45. The van der Waals surface area contributed by atoms with Crippen LogP contribution in [0.4, 0.5) is 0 Å². The number of rotatable bonds is 4. The average Bonchev–Trinajstić information content (AvgIpc) is 3.03. The van der Waals surface area contributed by atoms with Gasteiger partial charge in [0.05, 0.1) is 12.3 Å². The van der Waals surface area contributed by atoms with Crippen LogP contribution in [0.3, 0.4) is 0 Å². The van der Waals surface area contributed by atoms with Gasteiger partial charge in [0.25, 0.3) is 17.7 Å². The quantitative estimate of drug-likeness (QED) is 0.557. The smallest absolute Gasteiger partial charge is 0.309 e. The maximum Gasteiger partial charge on any atom is 0.309 e. The normalized spacial score (nSPS) is 30.0. The third-order valence-electron chi connectivity index (χ3n) is 4.71.